The molecule has 0 unspecified atom stereocenters. The molecule has 2 N–H and O–H groups in total. The highest BCUT2D eigenvalue weighted by Gasteiger charge is 2.18. The minimum Gasteiger partial charge on any atom is -0.492 e. The second-order valence-electron chi connectivity index (χ2n) is 8.72. The third-order valence-corrected chi connectivity index (χ3v) is 6.13. The van der Waals surface area contributed by atoms with Crippen LogP contribution in [-0.2, 0) is 16.1 Å². The summed E-state index contributed by atoms with van der Waals surface area (Å²) in [5, 5.41) is 9.17. The fraction of sp³-hybridized carbons (Fsp3) is 0.370. The van der Waals surface area contributed by atoms with Gasteiger partial charge in [0.15, 0.2) is 11.5 Å². The van der Waals surface area contributed by atoms with Crippen LogP contribution in [0.25, 0.3) is 11.3 Å². The molecule has 1 aliphatic rings. The van der Waals surface area contributed by atoms with E-state index in [1.807, 2.05) is 54.6 Å². The maximum Gasteiger partial charge on any atom is 0.273 e. The molecule has 36 heavy (non-hydrogen) atoms. The van der Waals surface area contributed by atoms with Crippen molar-refractivity contribution in [2.24, 2.45) is 0 Å². The van der Waals surface area contributed by atoms with E-state index in [1.165, 1.54) is 0 Å². The summed E-state index contributed by atoms with van der Waals surface area (Å²) in [6.45, 7) is 3.23. The molecule has 2 amide bonds. The summed E-state index contributed by atoms with van der Waals surface area (Å²) < 4.78 is 16.6. The second kappa shape index (κ2) is 12.9. The van der Waals surface area contributed by atoms with E-state index >= 15 is 0 Å². The van der Waals surface area contributed by atoms with Gasteiger partial charge in [-0.3, -0.25) is 14.5 Å². The molecular weight excluding hydrogens is 460 g/mol. The van der Waals surface area contributed by atoms with Crippen molar-refractivity contribution in [3.8, 4) is 17.1 Å². The summed E-state index contributed by atoms with van der Waals surface area (Å²) in [6.07, 6.45) is 2.11. The Bertz CT molecular complexity index is 1130. The number of hydrogen-bond acceptors (Lipinski definition) is 7. The molecule has 0 bridgehead atoms. The number of carbonyl (C=O) groups excluding carboxylic acids is 2. The van der Waals surface area contributed by atoms with Gasteiger partial charge in [-0.1, -0.05) is 47.6 Å². The van der Waals surface area contributed by atoms with Crippen LogP contribution in [0.2, 0.25) is 0 Å². The zero-order valence-corrected chi connectivity index (χ0v) is 20.4. The molecule has 9 nitrogen and oxygen atoms in total. The first-order chi connectivity index (χ1) is 17.6. The van der Waals surface area contributed by atoms with Crippen LogP contribution in [0.5, 0.6) is 5.75 Å². The number of rotatable bonds is 11. The summed E-state index contributed by atoms with van der Waals surface area (Å²) in [5.41, 5.74) is 1.85. The first-order valence-corrected chi connectivity index (χ1v) is 12.2. The Balaban J connectivity index is 1.17. The van der Waals surface area contributed by atoms with Gasteiger partial charge in [0.25, 0.3) is 5.91 Å². The molecule has 1 aliphatic heterocycles. The van der Waals surface area contributed by atoms with Crippen molar-refractivity contribution in [3.05, 3.63) is 71.9 Å². The molecule has 2 heterocycles. The van der Waals surface area contributed by atoms with Crippen LogP contribution in [0, 0.1) is 0 Å². The molecule has 3 aromatic rings. The number of likely N-dealkylation sites (N-methyl/N-ethyl adjacent to an activating group) is 1. The highest BCUT2D eigenvalue weighted by atomic mass is 16.5. The number of carbonyl (C=O) groups is 2. The van der Waals surface area contributed by atoms with Crippen molar-refractivity contribution < 1.29 is 23.6 Å². The summed E-state index contributed by atoms with van der Waals surface area (Å²) in [4.78, 5) is 26.9. The molecule has 0 radical (unpaired) electrons. The number of hydrogen-bond donors (Lipinski definition) is 2. The molecular formula is C27H32N4O5. The third kappa shape index (κ3) is 7.40. The summed E-state index contributed by atoms with van der Waals surface area (Å²) >= 11 is 0. The first kappa shape index (κ1) is 25.4. The normalized spacial score (nSPS) is 13.9. The molecule has 1 saturated heterocycles. The van der Waals surface area contributed by atoms with Crippen molar-refractivity contribution in [2.45, 2.75) is 25.4 Å². The van der Waals surface area contributed by atoms with Crippen molar-refractivity contribution in [1.29, 1.82) is 0 Å². The van der Waals surface area contributed by atoms with E-state index in [4.69, 9.17) is 14.0 Å². The van der Waals surface area contributed by atoms with Gasteiger partial charge in [0, 0.05) is 44.0 Å². The molecule has 0 atom stereocenters. The van der Waals surface area contributed by atoms with Gasteiger partial charge < -0.3 is 24.6 Å². The zero-order valence-electron chi connectivity index (χ0n) is 20.4. The summed E-state index contributed by atoms with van der Waals surface area (Å²) in [6, 6.07) is 19.1. The molecule has 2 aromatic carbocycles. The fourth-order valence-electron chi connectivity index (χ4n) is 4.00. The van der Waals surface area contributed by atoms with Gasteiger partial charge in [0.1, 0.15) is 12.4 Å². The molecule has 0 saturated carbocycles. The van der Waals surface area contributed by atoms with E-state index in [9.17, 15) is 9.59 Å². The Morgan fingerprint density at radius 1 is 1.06 bits per heavy atom. The van der Waals surface area contributed by atoms with Crippen LogP contribution < -0.4 is 15.4 Å². The average molecular weight is 493 g/mol. The minimum atomic E-state index is -0.475. The highest BCUT2D eigenvalue weighted by molar-refractivity contribution is 5.95. The van der Waals surface area contributed by atoms with Crippen molar-refractivity contribution in [3.63, 3.8) is 0 Å². The topological polar surface area (TPSA) is 106 Å². The lowest BCUT2D eigenvalue weighted by atomic mass is 10.1. The fourth-order valence-corrected chi connectivity index (χ4v) is 4.00. The van der Waals surface area contributed by atoms with Gasteiger partial charge in [0.05, 0.1) is 6.54 Å². The Morgan fingerprint density at radius 2 is 1.86 bits per heavy atom. The van der Waals surface area contributed by atoms with Crippen LogP contribution >= 0.6 is 0 Å². The van der Waals surface area contributed by atoms with Gasteiger partial charge in [-0.25, -0.2) is 0 Å². The zero-order chi connectivity index (χ0) is 25.2. The van der Waals surface area contributed by atoms with E-state index in [0.29, 0.717) is 25.0 Å². The Morgan fingerprint density at radius 3 is 2.67 bits per heavy atom. The maximum absolute atomic E-state index is 12.3. The van der Waals surface area contributed by atoms with Crippen molar-refractivity contribution in [1.82, 2.24) is 20.7 Å². The molecule has 1 fully saturated rings. The van der Waals surface area contributed by atoms with Gasteiger partial charge in [0.2, 0.25) is 5.91 Å². The molecule has 4 rings (SSSR count). The first-order valence-electron chi connectivity index (χ1n) is 12.2. The number of nitrogens with zero attached hydrogens (tertiary/aromatic N) is 2. The van der Waals surface area contributed by atoms with E-state index < -0.39 is 5.91 Å². The van der Waals surface area contributed by atoms with E-state index in [2.05, 4.69) is 27.7 Å². The number of nitrogens with one attached hydrogen (secondary N) is 2. The maximum atomic E-state index is 12.3. The van der Waals surface area contributed by atoms with Gasteiger partial charge in [-0.15, -0.1) is 0 Å². The van der Waals surface area contributed by atoms with Crippen LogP contribution in [0.4, 0.5) is 0 Å². The second-order valence-corrected chi connectivity index (χ2v) is 8.72. The van der Waals surface area contributed by atoms with Gasteiger partial charge in [-0.05, 0) is 37.6 Å². The van der Waals surface area contributed by atoms with Crippen LogP contribution in [0.15, 0.2) is 65.2 Å². The third-order valence-electron chi connectivity index (χ3n) is 6.13. The van der Waals surface area contributed by atoms with E-state index in [0.717, 1.165) is 49.5 Å². The number of benzene rings is 2. The Hall–Kier alpha value is -3.69. The van der Waals surface area contributed by atoms with E-state index in [-0.39, 0.29) is 18.1 Å². The summed E-state index contributed by atoms with van der Waals surface area (Å²) in [7, 11) is 2.12. The number of aromatic nitrogens is 1. The summed E-state index contributed by atoms with van der Waals surface area (Å²) in [5.74, 6) is 0.468. The smallest absolute Gasteiger partial charge is 0.273 e. The van der Waals surface area contributed by atoms with Crippen LogP contribution in [0.1, 0.15) is 28.9 Å². The molecule has 0 spiro atoms. The Labute approximate surface area is 210 Å². The predicted octanol–water partition coefficient (Wildman–Crippen LogP) is 2.88. The standard InChI is InChI=1S/C27H32N4O5/c1-31(22-10-13-34-14-11-22)12-15-35-23-9-5-6-20(16-23)18-28-26(32)19-29-27(33)24-17-25(36-30-24)21-7-3-2-4-8-21/h2-9,16-17,22H,10-15,18-19H2,1H3,(H,28,32)(H,29,33). The lowest BCUT2D eigenvalue weighted by Gasteiger charge is -2.31. The number of amides is 2. The minimum absolute atomic E-state index is 0.119. The van der Waals surface area contributed by atoms with Gasteiger partial charge >= 0.3 is 0 Å². The predicted molar refractivity (Wildman–Crippen MR) is 135 cm³/mol. The lowest BCUT2D eigenvalue weighted by molar-refractivity contribution is -0.120. The molecule has 0 aliphatic carbocycles. The average Bonchev–Trinajstić information content (AvgIpc) is 3.42. The van der Waals surface area contributed by atoms with Crippen LogP contribution in [0.3, 0.4) is 0 Å². The molecule has 190 valence electrons. The monoisotopic (exact) mass is 492 g/mol. The Kier molecular flexibility index (Phi) is 9.07. The van der Waals surface area contributed by atoms with Gasteiger partial charge in [-0.2, -0.15) is 0 Å². The number of ether oxygens (including phenoxy) is 2. The van der Waals surface area contributed by atoms with Crippen molar-refractivity contribution in [2.75, 3.05) is 40.0 Å². The lowest BCUT2D eigenvalue weighted by Crippen LogP contribution is -2.38. The van der Waals surface area contributed by atoms with E-state index in [1.54, 1.807) is 6.07 Å². The molecule has 1 aromatic heterocycles. The quantitative estimate of drug-likeness (QED) is 0.424. The largest absolute Gasteiger partial charge is 0.492 e. The van der Waals surface area contributed by atoms with Crippen LogP contribution in [-0.4, -0.2) is 67.9 Å². The molecule has 9 heteroatoms. The van der Waals surface area contributed by atoms with Crippen molar-refractivity contribution >= 4 is 11.8 Å². The SMILES string of the molecule is CN(CCOc1cccc(CNC(=O)CNC(=O)c2cc(-c3ccccc3)on2)c1)C1CCOCC1. The highest BCUT2D eigenvalue weighted by Crippen LogP contribution is 2.19.